The van der Waals surface area contributed by atoms with Crippen LogP contribution in [0.2, 0.25) is 0 Å². The molecule has 1 saturated heterocycles. The molecule has 21 heavy (non-hydrogen) atoms. The molecule has 2 aliphatic heterocycles. The van der Waals surface area contributed by atoms with Crippen LogP contribution in [-0.2, 0) is 9.59 Å². The standard InChI is InChI=1S/C15H16BrNO4/c16-9-4-5-13-10(7-9)11(8-21-13)14(18)17-6-2-1-3-12(17)15(19)20/h4-5,7,11-12H,1-3,6,8H2,(H,19,20)/t11?,12-/m1/s1. The molecule has 2 aliphatic rings. The Kier molecular flexibility index (Phi) is 3.89. The number of piperidine rings is 1. The molecule has 2 heterocycles. The molecule has 112 valence electrons. The van der Waals surface area contributed by atoms with Crippen LogP contribution >= 0.6 is 15.9 Å². The molecule has 0 saturated carbocycles. The van der Waals surface area contributed by atoms with E-state index in [9.17, 15) is 14.7 Å². The van der Waals surface area contributed by atoms with Gasteiger partial charge in [0.2, 0.25) is 5.91 Å². The third-order valence-corrected chi connectivity index (χ3v) is 4.62. The van der Waals surface area contributed by atoms with E-state index in [0.29, 0.717) is 18.7 Å². The van der Waals surface area contributed by atoms with Crippen molar-refractivity contribution in [3.63, 3.8) is 0 Å². The lowest BCUT2D eigenvalue weighted by atomic mass is 9.95. The fraction of sp³-hybridized carbons (Fsp3) is 0.467. The summed E-state index contributed by atoms with van der Waals surface area (Å²) in [5.41, 5.74) is 0.837. The van der Waals surface area contributed by atoms with Crippen LogP contribution < -0.4 is 4.74 Å². The maximum absolute atomic E-state index is 12.8. The summed E-state index contributed by atoms with van der Waals surface area (Å²) in [6, 6.07) is 4.87. The Morgan fingerprint density at radius 3 is 2.90 bits per heavy atom. The van der Waals surface area contributed by atoms with E-state index in [0.717, 1.165) is 22.9 Å². The van der Waals surface area contributed by atoms with Crippen LogP contribution in [0.1, 0.15) is 30.7 Å². The Hall–Kier alpha value is -1.56. The predicted molar refractivity (Wildman–Crippen MR) is 79.4 cm³/mol. The summed E-state index contributed by atoms with van der Waals surface area (Å²) in [6.07, 6.45) is 2.23. The second-order valence-electron chi connectivity index (χ2n) is 5.43. The van der Waals surface area contributed by atoms with Crippen LogP contribution in [0, 0.1) is 0 Å². The van der Waals surface area contributed by atoms with E-state index in [4.69, 9.17) is 4.74 Å². The zero-order valence-electron chi connectivity index (χ0n) is 11.4. The molecule has 1 amide bonds. The number of carboxylic acid groups (broad SMARTS) is 1. The lowest BCUT2D eigenvalue weighted by Crippen LogP contribution is -2.49. The number of aliphatic carboxylic acids is 1. The van der Waals surface area contributed by atoms with Crippen molar-refractivity contribution in [3.05, 3.63) is 28.2 Å². The normalized spacial score (nSPS) is 24.3. The number of rotatable bonds is 2. The highest BCUT2D eigenvalue weighted by Gasteiger charge is 2.39. The van der Waals surface area contributed by atoms with Gasteiger partial charge in [-0.3, -0.25) is 4.79 Å². The number of likely N-dealkylation sites (tertiary alicyclic amines) is 1. The number of fused-ring (bicyclic) bond motifs is 1. The third-order valence-electron chi connectivity index (χ3n) is 4.12. The minimum absolute atomic E-state index is 0.140. The Labute approximate surface area is 131 Å². The highest BCUT2D eigenvalue weighted by Crippen LogP contribution is 2.37. The second-order valence-corrected chi connectivity index (χ2v) is 6.34. The van der Waals surface area contributed by atoms with Crippen molar-refractivity contribution >= 4 is 27.8 Å². The van der Waals surface area contributed by atoms with Crippen molar-refractivity contribution in [1.29, 1.82) is 0 Å². The number of carbonyl (C=O) groups is 2. The average Bonchev–Trinajstić information content (AvgIpc) is 2.89. The number of amides is 1. The number of hydrogen-bond acceptors (Lipinski definition) is 3. The second kappa shape index (κ2) is 5.67. The van der Waals surface area contributed by atoms with Crippen molar-refractivity contribution < 1.29 is 19.4 Å². The molecule has 5 nitrogen and oxygen atoms in total. The summed E-state index contributed by atoms with van der Waals surface area (Å²) in [7, 11) is 0. The number of halogens is 1. The molecule has 1 aromatic rings. The highest BCUT2D eigenvalue weighted by atomic mass is 79.9. The Morgan fingerprint density at radius 2 is 2.14 bits per heavy atom. The van der Waals surface area contributed by atoms with Crippen LogP contribution in [0.3, 0.4) is 0 Å². The van der Waals surface area contributed by atoms with Gasteiger partial charge in [-0.2, -0.15) is 0 Å². The molecule has 1 aromatic carbocycles. The van der Waals surface area contributed by atoms with Crippen LogP contribution in [-0.4, -0.2) is 41.1 Å². The molecule has 1 unspecified atom stereocenters. The van der Waals surface area contributed by atoms with Crippen LogP contribution in [0.25, 0.3) is 0 Å². The maximum atomic E-state index is 12.8. The SMILES string of the molecule is O=C(O)[C@H]1CCCCN1C(=O)C1COc2ccc(Br)cc21. The first kappa shape index (κ1) is 14.4. The van der Waals surface area contributed by atoms with Gasteiger partial charge in [0, 0.05) is 16.6 Å². The largest absolute Gasteiger partial charge is 0.492 e. The van der Waals surface area contributed by atoms with Crippen LogP contribution in [0.5, 0.6) is 5.75 Å². The van der Waals surface area contributed by atoms with E-state index < -0.39 is 17.9 Å². The number of carboxylic acids is 1. The van der Waals surface area contributed by atoms with Crippen LogP contribution in [0.4, 0.5) is 0 Å². The number of carbonyl (C=O) groups excluding carboxylic acids is 1. The summed E-state index contributed by atoms with van der Waals surface area (Å²) in [4.78, 5) is 25.6. The van der Waals surface area contributed by atoms with Gasteiger partial charge >= 0.3 is 5.97 Å². The van der Waals surface area contributed by atoms with Gasteiger partial charge in [0.05, 0.1) is 0 Å². The van der Waals surface area contributed by atoms with Gasteiger partial charge in [0.15, 0.2) is 0 Å². The summed E-state index contributed by atoms with van der Waals surface area (Å²) in [6.45, 7) is 0.795. The summed E-state index contributed by atoms with van der Waals surface area (Å²) in [5, 5.41) is 9.31. The molecule has 0 bridgehead atoms. The summed E-state index contributed by atoms with van der Waals surface area (Å²) >= 11 is 3.40. The molecule has 1 fully saturated rings. The van der Waals surface area contributed by atoms with Crippen molar-refractivity contribution in [2.24, 2.45) is 0 Å². The third kappa shape index (κ3) is 2.64. The van der Waals surface area contributed by atoms with Gasteiger partial charge in [-0.15, -0.1) is 0 Å². The zero-order valence-corrected chi connectivity index (χ0v) is 13.0. The van der Waals surface area contributed by atoms with Gasteiger partial charge < -0.3 is 14.7 Å². The first-order valence-corrected chi connectivity index (χ1v) is 7.83. The van der Waals surface area contributed by atoms with Crippen molar-refractivity contribution in [2.75, 3.05) is 13.2 Å². The topological polar surface area (TPSA) is 66.8 Å². The number of nitrogens with zero attached hydrogens (tertiary/aromatic N) is 1. The molecule has 0 aromatic heterocycles. The quantitative estimate of drug-likeness (QED) is 0.886. The molecule has 0 aliphatic carbocycles. The smallest absolute Gasteiger partial charge is 0.326 e. The van der Waals surface area contributed by atoms with Crippen molar-refractivity contribution in [2.45, 2.75) is 31.2 Å². The minimum Gasteiger partial charge on any atom is -0.492 e. The van der Waals surface area contributed by atoms with E-state index in [-0.39, 0.29) is 12.5 Å². The monoisotopic (exact) mass is 353 g/mol. The lowest BCUT2D eigenvalue weighted by Gasteiger charge is -2.34. The first-order valence-electron chi connectivity index (χ1n) is 7.03. The zero-order chi connectivity index (χ0) is 15.0. The highest BCUT2D eigenvalue weighted by molar-refractivity contribution is 9.10. The summed E-state index contributed by atoms with van der Waals surface area (Å²) in [5.74, 6) is -0.756. The van der Waals surface area contributed by atoms with E-state index in [2.05, 4.69) is 15.9 Å². The van der Waals surface area contributed by atoms with E-state index >= 15 is 0 Å². The Bertz CT molecular complexity index is 589. The molecule has 2 atom stereocenters. The molecular formula is C15H16BrNO4. The van der Waals surface area contributed by atoms with Gasteiger partial charge in [-0.25, -0.2) is 4.79 Å². The fourth-order valence-electron chi connectivity index (χ4n) is 3.04. The van der Waals surface area contributed by atoms with E-state index in [1.165, 1.54) is 4.90 Å². The maximum Gasteiger partial charge on any atom is 0.326 e. The molecule has 0 spiro atoms. The van der Waals surface area contributed by atoms with Crippen molar-refractivity contribution in [1.82, 2.24) is 4.90 Å². The van der Waals surface area contributed by atoms with E-state index in [1.807, 2.05) is 18.2 Å². The van der Waals surface area contributed by atoms with Gasteiger partial charge in [0.1, 0.15) is 24.3 Å². The fourth-order valence-corrected chi connectivity index (χ4v) is 3.42. The molecule has 6 heteroatoms. The van der Waals surface area contributed by atoms with E-state index in [1.54, 1.807) is 0 Å². The summed E-state index contributed by atoms with van der Waals surface area (Å²) < 4.78 is 6.45. The minimum atomic E-state index is -0.920. The van der Waals surface area contributed by atoms with Crippen LogP contribution in [0.15, 0.2) is 22.7 Å². The van der Waals surface area contributed by atoms with Gasteiger partial charge in [-0.05, 0) is 37.5 Å². The number of hydrogen-bond donors (Lipinski definition) is 1. The molecule has 0 radical (unpaired) electrons. The average molecular weight is 354 g/mol. The number of ether oxygens (including phenoxy) is 1. The first-order chi connectivity index (χ1) is 10.1. The lowest BCUT2D eigenvalue weighted by molar-refractivity contribution is -0.152. The Balaban J connectivity index is 1.86. The molecule has 3 rings (SSSR count). The number of benzene rings is 1. The molecular weight excluding hydrogens is 338 g/mol. The Morgan fingerprint density at radius 1 is 1.33 bits per heavy atom. The molecule has 1 N–H and O–H groups in total. The predicted octanol–water partition coefficient (Wildman–Crippen LogP) is 2.39. The van der Waals surface area contributed by atoms with Gasteiger partial charge in [0.25, 0.3) is 0 Å². The van der Waals surface area contributed by atoms with Crippen molar-refractivity contribution in [3.8, 4) is 5.75 Å². The van der Waals surface area contributed by atoms with Gasteiger partial charge in [-0.1, -0.05) is 15.9 Å².